The van der Waals surface area contributed by atoms with Crippen molar-refractivity contribution in [2.45, 2.75) is 55.3 Å². The van der Waals surface area contributed by atoms with Crippen molar-refractivity contribution in [3.63, 3.8) is 0 Å². The van der Waals surface area contributed by atoms with Crippen molar-refractivity contribution in [1.29, 1.82) is 0 Å². The second kappa shape index (κ2) is 8.00. The lowest BCUT2D eigenvalue weighted by atomic mass is 9.50. The van der Waals surface area contributed by atoms with Crippen molar-refractivity contribution in [2.75, 3.05) is 33.8 Å². The van der Waals surface area contributed by atoms with Gasteiger partial charge in [0.15, 0.2) is 17.6 Å². The Morgan fingerprint density at radius 3 is 2.70 bits per heavy atom. The number of nitrogens with zero attached hydrogens (tertiary/aromatic N) is 1. The Kier molecular flexibility index (Phi) is 5.38. The minimum Gasteiger partial charge on any atom is -0.493 e. The summed E-state index contributed by atoms with van der Waals surface area (Å²) in [5, 5.41) is 0. The smallest absolute Gasteiger partial charge is 0.312 e. The van der Waals surface area contributed by atoms with Gasteiger partial charge in [0.1, 0.15) is 11.4 Å². The molecule has 0 aromatic heterocycles. The molecule has 2 heterocycles. The highest BCUT2D eigenvalue weighted by Crippen LogP contribution is 2.66. The number of likely N-dealkylation sites (N-methyl/N-ethyl adjacent to an activating group) is 1. The van der Waals surface area contributed by atoms with Crippen LogP contribution < -0.4 is 20.9 Å². The van der Waals surface area contributed by atoms with Gasteiger partial charge in [-0.05, 0) is 44.1 Å². The second-order valence-corrected chi connectivity index (χ2v) is 9.28. The van der Waals surface area contributed by atoms with E-state index in [1.54, 1.807) is 7.11 Å². The van der Waals surface area contributed by atoms with Gasteiger partial charge in [-0.3, -0.25) is 14.5 Å². The molecule has 2 aliphatic heterocycles. The van der Waals surface area contributed by atoms with E-state index in [2.05, 4.69) is 18.0 Å². The van der Waals surface area contributed by atoms with Crippen molar-refractivity contribution in [1.82, 2.24) is 4.90 Å². The Bertz CT molecular complexity index is 1030. The van der Waals surface area contributed by atoms with Crippen LogP contribution in [-0.2, 0) is 30.9 Å². The van der Waals surface area contributed by atoms with Crippen LogP contribution in [0.15, 0.2) is 24.0 Å². The first-order valence-corrected chi connectivity index (χ1v) is 11.5. The summed E-state index contributed by atoms with van der Waals surface area (Å²) in [6, 6.07) is 3.93. The molecule has 9 nitrogen and oxygen atoms in total. The fraction of sp³-hybridized carbons (Fsp3) is 0.583. The van der Waals surface area contributed by atoms with Gasteiger partial charge in [-0.15, -0.1) is 0 Å². The number of nitrogens with two attached hydrogens (primary N) is 2. The van der Waals surface area contributed by atoms with Gasteiger partial charge in [-0.25, -0.2) is 0 Å². The standard InChI is InChI=1S/C24H31N3O6/c1-27-12-9-23-20-14-3-4-15(30-2)21(20)32-22(23)16(31-18(28)6-10-25)5-8-24(23,17(27)13-14)33-19(29)7-11-26/h3-5,17,22H,6-13,25-26H2,1-2H3/t17-,22+,23?,24-/m1/s1. The van der Waals surface area contributed by atoms with E-state index in [9.17, 15) is 9.59 Å². The normalized spacial score (nSPS) is 31.2. The lowest BCUT2D eigenvalue weighted by Crippen LogP contribution is -2.75. The number of benzene rings is 1. The molecule has 1 unspecified atom stereocenters. The molecule has 4 aliphatic rings. The Morgan fingerprint density at radius 2 is 1.97 bits per heavy atom. The summed E-state index contributed by atoms with van der Waals surface area (Å²) < 4.78 is 24.4. The molecule has 33 heavy (non-hydrogen) atoms. The molecule has 2 bridgehead atoms. The SMILES string of the molecule is COc1ccc2c3c1O[C@H]1C(OC(=O)CCN)=CC[C@@]4(OC(=O)CCN)[C@@H](C2)N(C)CCC314. The maximum absolute atomic E-state index is 12.9. The van der Waals surface area contributed by atoms with E-state index in [4.69, 9.17) is 30.4 Å². The number of carbonyl (C=O) groups is 2. The van der Waals surface area contributed by atoms with Crippen LogP contribution >= 0.6 is 0 Å². The molecule has 4 atom stereocenters. The minimum absolute atomic E-state index is 0.0523. The molecule has 2 aliphatic carbocycles. The highest BCUT2D eigenvalue weighted by molar-refractivity contribution is 5.74. The second-order valence-electron chi connectivity index (χ2n) is 9.28. The molecule has 5 rings (SSSR count). The van der Waals surface area contributed by atoms with Crippen molar-refractivity contribution in [3.05, 3.63) is 35.1 Å². The van der Waals surface area contributed by atoms with Crippen LogP contribution in [0.4, 0.5) is 0 Å². The molecule has 0 radical (unpaired) electrons. The molecule has 4 N–H and O–H groups in total. The third-order valence-electron chi connectivity index (χ3n) is 7.74. The van der Waals surface area contributed by atoms with Gasteiger partial charge in [0.2, 0.25) is 0 Å². The number of carbonyl (C=O) groups excluding carboxylic acids is 2. The molecule has 1 fully saturated rings. The van der Waals surface area contributed by atoms with Gasteiger partial charge in [-0.2, -0.15) is 0 Å². The van der Waals surface area contributed by atoms with E-state index in [1.165, 1.54) is 0 Å². The van der Waals surface area contributed by atoms with E-state index in [1.807, 2.05) is 12.1 Å². The number of esters is 2. The molecule has 1 saturated heterocycles. The van der Waals surface area contributed by atoms with E-state index < -0.39 is 23.1 Å². The molecule has 9 heteroatoms. The Labute approximate surface area is 193 Å². The first-order valence-electron chi connectivity index (χ1n) is 11.5. The first-order chi connectivity index (χ1) is 15.9. The molecule has 1 aromatic rings. The quantitative estimate of drug-likeness (QED) is 0.571. The molecule has 0 saturated carbocycles. The number of ether oxygens (including phenoxy) is 4. The zero-order valence-electron chi connectivity index (χ0n) is 19.1. The average molecular weight is 458 g/mol. The predicted octanol–water partition coefficient (Wildman–Crippen LogP) is 0.765. The summed E-state index contributed by atoms with van der Waals surface area (Å²) in [5.41, 5.74) is 11.8. The van der Waals surface area contributed by atoms with E-state index >= 15 is 0 Å². The third kappa shape index (κ3) is 2.95. The number of likely N-dealkylation sites (tertiary alicyclic amines) is 1. The van der Waals surface area contributed by atoms with E-state index in [-0.39, 0.29) is 37.9 Å². The molecular formula is C24H31N3O6. The lowest BCUT2D eigenvalue weighted by molar-refractivity contribution is -0.206. The molecule has 1 spiro atoms. The fourth-order valence-corrected chi connectivity index (χ4v) is 6.43. The number of hydrogen-bond donors (Lipinski definition) is 2. The number of methoxy groups -OCH3 is 1. The summed E-state index contributed by atoms with van der Waals surface area (Å²) >= 11 is 0. The van der Waals surface area contributed by atoms with Crippen molar-refractivity contribution in [3.8, 4) is 11.5 Å². The van der Waals surface area contributed by atoms with Gasteiger partial charge >= 0.3 is 11.9 Å². The van der Waals surface area contributed by atoms with Crippen LogP contribution in [-0.4, -0.2) is 68.4 Å². The van der Waals surface area contributed by atoms with Crippen LogP contribution in [0, 0.1) is 0 Å². The highest BCUT2D eigenvalue weighted by Gasteiger charge is 2.74. The highest BCUT2D eigenvalue weighted by atomic mass is 16.6. The molecule has 0 amide bonds. The van der Waals surface area contributed by atoms with Crippen LogP contribution in [0.1, 0.15) is 36.8 Å². The fourth-order valence-electron chi connectivity index (χ4n) is 6.43. The number of piperidine rings is 1. The minimum atomic E-state index is -0.870. The average Bonchev–Trinajstić information content (AvgIpc) is 3.14. The van der Waals surface area contributed by atoms with Crippen LogP contribution in [0.2, 0.25) is 0 Å². The van der Waals surface area contributed by atoms with Crippen LogP contribution in [0.5, 0.6) is 11.5 Å². The topological polar surface area (TPSA) is 126 Å². The maximum Gasteiger partial charge on any atom is 0.312 e. The van der Waals surface area contributed by atoms with Gasteiger partial charge in [0, 0.05) is 25.1 Å². The summed E-state index contributed by atoms with van der Waals surface area (Å²) in [6.45, 7) is 1.21. The monoisotopic (exact) mass is 457 g/mol. The summed E-state index contributed by atoms with van der Waals surface area (Å²) in [5.74, 6) is 0.982. The maximum atomic E-state index is 12.9. The van der Waals surface area contributed by atoms with Gasteiger partial charge in [-0.1, -0.05) is 6.07 Å². The lowest BCUT2D eigenvalue weighted by Gasteiger charge is -2.62. The molecule has 1 aromatic carbocycles. The van der Waals surface area contributed by atoms with Crippen molar-refractivity contribution >= 4 is 11.9 Å². The van der Waals surface area contributed by atoms with Gasteiger partial charge in [0.25, 0.3) is 0 Å². The van der Waals surface area contributed by atoms with Crippen LogP contribution in [0.3, 0.4) is 0 Å². The zero-order valence-corrected chi connectivity index (χ0v) is 19.1. The van der Waals surface area contributed by atoms with E-state index in [0.717, 1.165) is 17.7 Å². The van der Waals surface area contributed by atoms with Gasteiger partial charge < -0.3 is 30.4 Å². The van der Waals surface area contributed by atoms with E-state index in [0.29, 0.717) is 36.5 Å². The van der Waals surface area contributed by atoms with Crippen molar-refractivity contribution < 1.29 is 28.5 Å². The Balaban J connectivity index is 1.71. The van der Waals surface area contributed by atoms with Crippen LogP contribution in [0.25, 0.3) is 0 Å². The zero-order chi connectivity index (χ0) is 23.4. The Hall–Kier alpha value is -2.62. The summed E-state index contributed by atoms with van der Waals surface area (Å²) in [6.07, 6.45) is 3.30. The first kappa shape index (κ1) is 22.2. The van der Waals surface area contributed by atoms with Gasteiger partial charge in [0.05, 0.1) is 31.4 Å². The summed E-state index contributed by atoms with van der Waals surface area (Å²) in [4.78, 5) is 27.6. The van der Waals surface area contributed by atoms with Crippen molar-refractivity contribution in [2.24, 2.45) is 11.5 Å². The number of rotatable bonds is 7. The molecule has 178 valence electrons. The largest absolute Gasteiger partial charge is 0.493 e. The summed E-state index contributed by atoms with van der Waals surface area (Å²) in [7, 11) is 3.67. The third-order valence-corrected chi connectivity index (χ3v) is 7.74. The Morgan fingerprint density at radius 1 is 1.21 bits per heavy atom. The molecular weight excluding hydrogens is 426 g/mol. The number of hydrogen-bond acceptors (Lipinski definition) is 9. The predicted molar refractivity (Wildman–Crippen MR) is 119 cm³/mol.